The van der Waals surface area contributed by atoms with E-state index in [1.54, 1.807) is 12.1 Å². The maximum absolute atomic E-state index is 13.3. The van der Waals surface area contributed by atoms with Crippen LogP contribution in [0, 0.1) is 5.92 Å². The summed E-state index contributed by atoms with van der Waals surface area (Å²) in [6.07, 6.45) is 3.70. The predicted molar refractivity (Wildman–Crippen MR) is 132 cm³/mol. The first kappa shape index (κ1) is 27.6. The van der Waals surface area contributed by atoms with Crippen LogP contribution in [0.3, 0.4) is 0 Å². The normalized spacial score (nSPS) is 17.2. The van der Waals surface area contributed by atoms with Crippen LogP contribution in [0.2, 0.25) is 0 Å². The first-order valence-corrected chi connectivity index (χ1v) is 14.4. The fraction of sp³-hybridized carbons (Fsp3) is 0.560. The zero-order chi connectivity index (χ0) is 25.8. The third-order valence-electron chi connectivity index (χ3n) is 6.31. The summed E-state index contributed by atoms with van der Waals surface area (Å²) in [6, 6.07) is 6.41. The maximum atomic E-state index is 13.3. The summed E-state index contributed by atoms with van der Waals surface area (Å²) in [5, 5.41) is 20.4. The number of aliphatic hydroxyl groups is 2. The van der Waals surface area contributed by atoms with Crippen molar-refractivity contribution in [3.05, 3.63) is 45.9 Å². The number of nitrogens with zero attached hydrogens (tertiary/aromatic N) is 1. The van der Waals surface area contributed by atoms with Crippen LogP contribution in [-0.4, -0.2) is 60.3 Å². The van der Waals surface area contributed by atoms with Crippen LogP contribution in [0.5, 0.6) is 0 Å². The molecule has 2 heterocycles. The molecule has 1 aromatic carbocycles. The van der Waals surface area contributed by atoms with E-state index >= 15 is 0 Å². The van der Waals surface area contributed by atoms with Crippen LogP contribution in [0.25, 0.3) is 0 Å². The van der Waals surface area contributed by atoms with E-state index < -0.39 is 27.5 Å². The number of rotatable bonds is 11. The number of carbonyl (C=O) groups is 2. The number of hydrogen-bond donors (Lipinski definition) is 2. The Labute approximate surface area is 210 Å². The van der Waals surface area contributed by atoms with E-state index in [9.17, 15) is 28.2 Å². The van der Waals surface area contributed by atoms with Gasteiger partial charge in [0.1, 0.15) is 11.9 Å². The Bertz CT molecular complexity index is 1130. The zero-order valence-electron chi connectivity index (χ0n) is 20.3. The molecule has 0 bridgehead atoms. The first-order valence-electron chi connectivity index (χ1n) is 11.7. The van der Waals surface area contributed by atoms with Crippen molar-refractivity contribution in [1.82, 2.24) is 4.98 Å². The smallest absolute Gasteiger partial charge is 0.191 e. The molecule has 1 fully saturated rings. The van der Waals surface area contributed by atoms with Crippen LogP contribution in [0.15, 0.2) is 35.4 Å². The molecule has 1 aromatic heterocycles. The Morgan fingerprint density at radius 3 is 2.37 bits per heavy atom. The number of thiazole rings is 1. The third-order valence-corrected chi connectivity index (χ3v) is 8.53. The zero-order valence-corrected chi connectivity index (χ0v) is 21.9. The van der Waals surface area contributed by atoms with Gasteiger partial charge < -0.3 is 14.9 Å². The van der Waals surface area contributed by atoms with E-state index in [0.717, 1.165) is 36.0 Å². The number of sulfone groups is 1. The van der Waals surface area contributed by atoms with E-state index in [1.165, 1.54) is 32.2 Å². The molecular formula is C25H33NO7S2. The van der Waals surface area contributed by atoms with Crippen molar-refractivity contribution in [2.75, 3.05) is 19.5 Å². The molecule has 0 amide bonds. The molecule has 1 aliphatic heterocycles. The number of aromatic nitrogens is 1. The molecule has 0 radical (unpaired) electrons. The Morgan fingerprint density at radius 2 is 1.80 bits per heavy atom. The Morgan fingerprint density at radius 1 is 1.17 bits per heavy atom. The Kier molecular flexibility index (Phi) is 8.98. The van der Waals surface area contributed by atoms with Gasteiger partial charge in [0.25, 0.3) is 0 Å². The maximum Gasteiger partial charge on any atom is 0.191 e. The molecule has 8 nitrogen and oxygen atoms in total. The minimum absolute atomic E-state index is 0.0178. The number of Topliss-reactive ketones (excluding diaryl/α,β-unsaturated/α-hetero) is 2. The third kappa shape index (κ3) is 7.50. The number of aliphatic hydroxyl groups excluding tert-OH is 1. The summed E-state index contributed by atoms with van der Waals surface area (Å²) >= 11 is 1.01. The second-order valence-corrected chi connectivity index (χ2v) is 12.8. The van der Waals surface area contributed by atoms with E-state index in [0.29, 0.717) is 30.4 Å². The number of ketones is 2. The van der Waals surface area contributed by atoms with Gasteiger partial charge >= 0.3 is 0 Å². The van der Waals surface area contributed by atoms with Gasteiger partial charge in [-0.15, -0.1) is 11.3 Å². The topological polar surface area (TPSA) is 131 Å². The molecular weight excluding hydrogens is 490 g/mol. The number of carbonyl (C=O) groups excluding carboxylic acids is 2. The van der Waals surface area contributed by atoms with Crippen molar-refractivity contribution in [1.29, 1.82) is 0 Å². The van der Waals surface area contributed by atoms with Crippen LogP contribution in [-0.2, 0) is 19.4 Å². The van der Waals surface area contributed by atoms with Crippen LogP contribution in [0.1, 0.15) is 78.2 Å². The molecule has 0 spiro atoms. The summed E-state index contributed by atoms with van der Waals surface area (Å²) in [5.41, 5.74) is -0.626. The van der Waals surface area contributed by atoms with Gasteiger partial charge in [0.15, 0.2) is 20.6 Å². The largest absolute Gasteiger partial charge is 0.387 e. The molecule has 10 heteroatoms. The summed E-state index contributed by atoms with van der Waals surface area (Å²) in [6.45, 7) is 4.25. The Balaban J connectivity index is 1.71. The first-order chi connectivity index (χ1) is 16.4. The van der Waals surface area contributed by atoms with E-state index in [1.807, 2.05) is 0 Å². The SMILES string of the molecule is CC(C)(O)C(O)c1cnc(C(=O)CCC(=O)C(CC2CCOCC2)c2ccc(S(C)(=O)=O)cc2)s1. The summed E-state index contributed by atoms with van der Waals surface area (Å²) in [7, 11) is -3.34. The minimum Gasteiger partial charge on any atom is -0.387 e. The average molecular weight is 524 g/mol. The van der Waals surface area contributed by atoms with Crippen LogP contribution < -0.4 is 0 Å². The molecule has 2 aromatic rings. The molecule has 1 saturated heterocycles. The summed E-state index contributed by atoms with van der Waals surface area (Å²) < 4.78 is 29.1. The molecule has 192 valence electrons. The fourth-order valence-corrected chi connectivity index (χ4v) is 5.80. The molecule has 35 heavy (non-hydrogen) atoms. The van der Waals surface area contributed by atoms with Gasteiger partial charge in [-0.3, -0.25) is 9.59 Å². The summed E-state index contributed by atoms with van der Waals surface area (Å²) in [4.78, 5) is 30.6. The number of ether oxygens (including phenoxy) is 1. The monoisotopic (exact) mass is 523 g/mol. The van der Waals surface area contributed by atoms with Crippen molar-refractivity contribution < 1.29 is 33.0 Å². The summed E-state index contributed by atoms with van der Waals surface area (Å²) in [5.74, 6) is -0.503. The average Bonchev–Trinajstić information content (AvgIpc) is 3.30. The number of hydrogen-bond acceptors (Lipinski definition) is 9. The van der Waals surface area contributed by atoms with E-state index in [-0.39, 0.29) is 34.3 Å². The standard InChI is InChI=1S/C25H33NO7S2/c1-25(2,30)23(29)22-15-26-24(34-22)21(28)9-8-20(27)19(14-16-10-12-33-13-11-16)17-4-6-18(7-5-17)35(3,31)32/h4-7,15-16,19,23,29-30H,8-14H2,1-3H3. The molecule has 0 saturated carbocycles. The number of benzene rings is 1. The van der Waals surface area contributed by atoms with Gasteiger partial charge in [0.2, 0.25) is 0 Å². The molecule has 3 rings (SSSR count). The lowest BCUT2D eigenvalue weighted by Crippen LogP contribution is -2.27. The molecule has 0 aliphatic carbocycles. The van der Waals surface area contributed by atoms with Crippen molar-refractivity contribution in [3.8, 4) is 0 Å². The van der Waals surface area contributed by atoms with Gasteiger partial charge in [-0.05, 0) is 56.7 Å². The molecule has 1 aliphatic rings. The fourth-order valence-electron chi connectivity index (χ4n) is 4.12. The molecule has 2 N–H and O–H groups in total. The van der Waals surface area contributed by atoms with E-state index in [4.69, 9.17) is 4.74 Å². The van der Waals surface area contributed by atoms with E-state index in [2.05, 4.69) is 4.98 Å². The predicted octanol–water partition coefficient (Wildman–Crippen LogP) is 3.48. The highest BCUT2D eigenvalue weighted by molar-refractivity contribution is 7.90. The van der Waals surface area contributed by atoms with Gasteiger partial charge in [-0.2, -0.15) is 0 Å². The highest BCUT2D eigenvalue weighted by Gasteiger charge is 2.30. The van der Waals surface area contributed by atoms with Crippen molar-refractivity contribution in [2.24, 2.45) is 5.92 Å². The van der Waals surface area contributed by atoms with Gasteiger partial charge in [-0.1, -0.05) is 12.1 Å². The quantitative estimate of drug-likeness (QED) is 0.428. The lowest BCUT2D eigenvalue weighted by atomic mass is 9.81. The minimum atomic E-state index is -3.34. The van der Waals surface area contributed by atoms with Gasteiger partial charge in [0.05, 0.1) is 15.4 Å². The Hall–Kier alpha value is -1.98. The second-order valence-electron chi connectivity index (χ2n) is 9.70. The van der Waals surface area contributed by atoms with Crippen LogP contribution >= 0.6 is 11.3 Å². The second kappa shape index (κ2) is 11.4. The van der Waals surface area contributed by atoms with Crippen LogP contribution in [0.4, 0.5) is 0 Å². The van der Waals surface area contributed by atoms with Gasteiger partial charge in [-0.25, -0.2) is 13.4 Å². The highest BCUT2D eigenvalue weighted by atomic mass is 32.2. The lowest BCUT2D eigenvalue weighted by Gasteiger charge is -2.26. The van der Waals surface area contributed by atoms with Gasteiger partial charge in [0, 0.05) is 44.4 Å². The van der Waals surface area contributed by atoms with Crippen molar-refractivity contribution >= 4 is 32.7 Å². The van der Waals surface area contributed by atoms with Crippen molar-refractivity contribution in [3.63, 3.8) is 0 Å². The highest BCUT2D eigenvalue weighted by Crippen LogP contribution is 2.33. The molecule has 2 unspecified atom stereocenters. The van der Waals surface area contributed by atoms with Crippen molar-refractivity contribution in [2.45, 2.75) is 68.5 Å². The molecule has 2 atom stereocenters. The lowest BCUT2D eigenvalue weighted by molar-refractivity contribution is -0.121.